The third kappa shape index (κ3) is 3.72. The van der Waals surface area contributed by atoms with Crippen molar-refractivity contribution < 1.29 is 14.3 Å². The Morgan fingerprint density at radius 1 is 1.21 bits per heavy atom. The topological polar surface area (TPSA) is 74.4 Å². The second-order valence-corrected chi connectivity index (χ2v) is 5.97. The molecular weight excluding hydrogens is 324 g/mol. The van der Waals surface area contributed by atoms with E-state index in [1.54, 1.807) is 18.2 Å². The zero-order valence-electron chi connectivity index (χ0n) is 13.1. The Kier molecular flexibility index (Phi) is 4.77. The van der Waals surface area contributed by atoms with E-state index in [-0.39, 0.29) is 5.97 Å². The molecule has 122 valence electrons. The third-order valence-corrected chi connectivity index (χ3v) is 4.10. The number of ether oxygens (including phenoxy) is 2. The van der Waals surface area contributed by atoms with Crippen LogP contribution >= 0.6 is 11.3 Å². The maximum Gasteiger partial charge on any atom is 0.337 e. The lowest BCUT2D eigenvalue weighted by atomic mass is 10.1. The van der Waals surface area contributed by atoms with Crippen LogP contribution < -0.4 is 10.5 Å². The van der Waals surface area contributed by atoms with Crippen LogP contribution in [0.1, 0.15) is 15.9 Å². The molecule has 5 nitrogen and oxygen atoms in total. The maximum absolute atomic E-state index is 11.5. The minimum absolute atomic E-state index is 0.358. The van der Waals surface area contributed by atoms with Crippen molar-refractivity contribution in [1.82, 2.24) is 4.98 Å². The molecule has 0 aliphatic heterocycles. The molecule has 0 saturated carbocycles. The number of nitrogens with zero attached hydrogens (tertiary/aromatic N) is 1. The molecule has 0 saturated heterocycles. The minimum Gasteiger partial charge on any atom is -0.489 e. The quantitative estimate of drug-likeness (QED) is 0.716. The van der Waals surface area contributed by atoms with E-state index < -0.39 is 0 Å². The molecule has 0 unspecified atom stereocenters. The van der Waals surface area contributed by atoms with Gasteiger partial charge in [-0.3, -0.25) is 0 Å². The normalized spacial score (nSPS) is 10.4. The van der Waals surface area contributed by atoms with Gasteiger partial charge in [0, 0.05) is 10.9 Å². The van der Waals surface area contributed by atoms with Crippen LogP contribution in [0.2, 0.25) is 0 Å². The molecule has 0 bridgehead atoms. The molecule has 0 spiro atoms. The first-order valence-electron chi connectivity index (χ1n) is 7.27. The van der Waals surface area contributed by atoms with Crippen LogP contribution in [-0.2, 0) is 11.3 Å². The molecular formula is C18H16N2O3S. The van der Waals surface area contributed by atoms with Gasteiger partial charge in [0.05, 0.1) is 18.4 Å². The number of thiazole rings is 1. The Morgan fingerprint density at radius 3 is 2.67 bits per heavy atom. The fourth-order valence-electron chi connectivity index (χ4n) is 2.21. The average Bonchev–Trinajstić information content (AvgIpc) is 3.06. The van der Waals surface area contributed by atoms with Crippen molar-refractivity contribution in [2.75, 3.05) is 12.8 Å². The number of nitrogens with two attached hydrogens (primary N) is 1. The van der Waals surface area contributed by atoms with Gasteiger partial charge in [-0.05, 0) is 42.0 Å². The van der Waals surface area contributed by atoms with Crippen molar-refractivity contribution in [3.8, 4) is 17.0 Å². The summed E-state index contributed by atoms with van der Waals surface area (Å²) in [6.45, 7) is 0.369. The summed E-state index contributed by atoms with van der Waals surface area (Å²) in [5, 5.41) is 2.47. The summed E-state index contributed by atoms with van der Waals surface area (Å²) in [4.78, 5) is 15.8. The number of carbonyl (C=O) groups excluding carboxylic acids is 1. The molecule has 2 N–H and O–H groups in total. The Labute approximate surface area is 143 Å². The standard InChI is InChI=1S/C18H16N2O3S/c1-22-17(21)14-4-2-3-12(9-14)10-23-15-7-5-13(6-8-15)16-11-24-18(19)20-16/h2-9,11H,10H2,1H3,(H2,19,20). The number of aromatic nitrogens is 1. The van der Waals surface area contributed by atoms with E-state index in [9.17, 15) is 4.79 Å². The van der Waals surface area contributed by atoms with Crippen LogP contribution in [0.3, 0.4) is 0 Å². The third-order valence-electron chi connectivity index (χ3n) is 3.43. The predicted octanol–water partition coefficient (Wildman–Crippen LogP) is 3.76. The number of benzene rings is 2. The molecule has 3 aromatic rings. The van der Waals surface area contributed by atoms with Crippen molar-refractivity contribution in [3.05, 3.63) is 65.0 Å². The zero-order valence-corrected chi connectivity index (χ0v) is 13.9. The molecule has 0 amide bonds. The fourth-order valence-corrected chi connectivity index (χ4v) is 2.79. The van der Waals surface area contributed by atoms with Gasteiger partial charge in [-0.15, -0.1) is 11.3 Å². The fraction of sp³-hybridized carbons (Fsp3) is 0.111. The van der Waals surface area contributed by atoms with E-state index >= 15 is 0 Å². The maximum atomic E-state index is 11.5. The van der Waals surface area contributed by atoms with E-state index in [0.29, 0.717) is 17.3 Å². The van der Waals surface area contributed by atoms with Gasteiger partial charge in [0.2, 0.25) is 0 Å². The van der Waals surface area contributed by atoms with Crippen LogP contribution in [0, 0.1) is 0 Å². The van der Waals surface area contributed by atoms with Crippen molar-refractivity contribution in [2.24, 2.45) is 0 Å². The predicted molar refractivity (Wildman–Crippen MR) is 94.1 cm³/mol. The molecule has 6 heteroatoms. The highest BCUT2D eigenvalue weighted by atomic mass is 32.1. The van der Waals surface area contributed by atoms with Gasteiger partial charge in [0.15, 0.2) is 5.13 Å². The molecule has 1 aromatic heterocycles. The molecule has 0 aliphatic rings. The molecule has 2 aromatic carbocycles. The lowest BCUT2D eigenvalue weighted by molar-refractivity contribution is 0.0600. The van der Waals surface area contributed by atoms with Crippen LogP contribution in [0.5, 0.6) is 5.75 Å². The first-order chi connectivity index (χ1) is 11.7. The van der Waals surface area contributed by atoms with Gasteiger partial charge in [0.1, 0.15) is 12.4 Å². The van der Waals surface area contributed by atoms with Crippen LogP contribution in [-0.4, -0.2) is 18.1 Å². The van der Waals surface area contributed by atoms with Crippen molar-refractivity contribution in [1.29, 1.82) is 0 Å². The molecule has 0 atom stereocenters. The van der Waals surface area contributed by atoms with Gasteiger partial charge in [-0.2, -0.15) is 0 Å². The smallest absolute Gasteiger partial charge is 0.337 e. The Balaban J connectivity index is 1.66. The summed E-state index contributed by atoms with van der Waals surface area (Å²) in [6.07, 6.45) is 0. The summed E-state index contributed by atoms with van der Waals surface area (Å²) in [7, 11) is 1.36. The largest absolute Gasteiger partial charge is 0.489 e. The second kappa shape index (κ2) is 7.14. The van der Waals surface area contributed by atoms with Crippen molar-refractivity contribution in [3.63, 3.8) is 0 Å². The van der Waals surface area contributed by atoms with Crippen LogP contribution in [0.4, 0.5) is 5.13 Å². The number of methoxy groups -OCH3 is 1. The number of esters is 1. The summed E-state index contributed by atoms with van der Waals surface area (Å²) in [6, 6.07) is 14.8. The summed E-state index contributed by atoms with van der Waals surface area (Å²) >= 11 is 1.41. The monoisotopic (exact) mass is 340 g/mol. The number of hydrogen-bond donors (Lipinski definition) is 1. The zero-order chi connectivity index (χ0) is 16.9. The Morgan fingerprint density at radius 2 is 2.00 bits per heavy atom. The van der Waals surface area contributed by atoms with Gasteiger partial charge in [-0.1, -0.05) is 12.1 Å². The van der Waals surface area contributed by atoms with Gasteiger partial charge in [0.25, 0.3) is 0 Å². The highest BCUT2D eigenvalue weighted by molar-refractivity contribution is 7.13. The SMILES string of the molecule is COC(=O)c1cccc(COc2ccc(-c3csc(N)n3)cc2)c1. The van der Waals surface area contributed by atoms with E-state index in [1.165, 1.54) is 18.4 Å². The highest BCUT2D eigenvalue weighted by Gasteiger charge is 2.06. The number of nitrogen functional groups attached to an aromatic ring is 1. The summed E-state index contributed by atoms with van der Waals surface area (Å²) in [5.74, 6) is 0.383. The van der Waals surface area contributed by atoms with Gasteiger partial charge < -0.3 is 15.2 Å². The highest BCUT2D eigenvalue weighted by Crippen LogP contribution is 2.25. The molecule has 1 heterocycles. The van der Waals surface area contributed by atoms with E-state index in [2.05, 4.69) is 4.98 Å². The molecule has 0 aliphatic carbocycles. The molecule has 24 heavy (non-hydrogen) atoms. The first-order valence-corrected chi connectivity index (χ1v) is 8.15. The molecule has 0 fully saturated rings. The number of rotatable bonds is 5. The first kappa shape index (κ1) is 16.0. The van der Waals surface area contributed by atoms with Gasteiger partial charge >= 0.3 is 5.97 Å². The van der Waals surface area contributed by atoms with E-state index in [1.807, 2.05) is 35.7 Å². The lowest BCUT2D eigenvalue weighted by Crippen LogP contribution is -2.03. The van der Waals surface area contributed by atoms with Gasteiger partial charge in [-0.25, -0.2) is 9.78 Å². The lowest BCUT2D eigenvalue weighted by Gasteiger charge is -2.08. The van der Waals surface area contributed by atoms with E-state index in [0.717, 1.165) is 22.6 Å². The second-order valence-electron chi connectivity index (χ2n) is 5.08. The molecule has 3 rings (SSSR count). The van der Waals surface area contributed by atoms with Crippen LogP contribution in [0.15, 0.2) is 53.9 Å². The average molecular weight is 340 g/mol. The van der Waals surface area contributed by atoms with Crippen molar-refractivity contribution in [2.45, 2.75) is 6.61 Å². The Bertz CT molecular complexity index is 843. The summed E-state index contributed by atoms with van der Waals surface area (Å²) in [5.41, 5.74) is 8.90. The van der Waals surface area contributed by atoms with Crippen molar-refractivity contribution >= 4 is 22.4 Å². The molecule has 0 radical (unpaired) electrons. The van der Waals surface area contributed by atoms with Crippen LogP contribution in [0.25, 0.3) is 11.3 Å². The van der Waals surface area contributed by atoms with E-state index in [4.69, 9.17) is 15.2 Å². The number of anilines is 1. The minimum atomic E-state index is -0.358. The summed E-state index contributed by atoms with van der Waals surface area (Å²) < 4.78 is 10.5. The number of hydrogen-bond acceptors (Lipinski definition) is 6. The number of carbonyl (C=O) groups is 1. The Hall–Kier alpha value is -2.86.